The van der Waals surface area contributed by atoms with Gasteiger partial charge in [0.1, 0.15) is 58.8 Å². The number of tetrazole rings is 2. The van der Waals surface area contributed by atoms with E-state index in [0.29, 0.717) is 59.2 Å². The van der Waals surface area contributed by atoms with E-state index in [2.05, 4.69) is 40.9 Å². The van der Waals surface area contributed by atoms with Crippen molar-refractivity contribution in [3.05, 3.63) is 231 Å². The quantitative estimate of drug-likeness (QED) is 0.0532. The Hall–Kier alpha value is -11.7. The van der Waals surface area contributed by atoms with Gasteiger partial charge in [-0.15, -0.1) is 15.3 Å². The summed E-state index contributed by atoms with van der Waals surface area (Å²) in [5.74, 6) is -0.797. The van der Waals surface area contributed by atoms with Crippen LogP contribution in [0.25, 0.3) is 45.0 Å². The van der Waals surface area contributed by atoms with Gasteiger partial charge in [0.15, 0.2) is 65.0 Å². The zero-order valence-electron chi connectivity index (χ0n) is 55.1. The maximum Gasteiger partial charge on any atom is 0.519 e. The first kappa shape index (κ1) is 67.7. The molecule has 508 valence electrons. The monoisotopic (exact) mass is 1340 g/mol. The summed E-state index contributed by atoms with van der Waals surface area (Å²) in [5, 5.41) is 47.0. The van der Waals surface area contributed by atoms with Crippen molar-refractivity contribution < 1.29 is 64.6 Å². The molecule has 8 aromatic heterocycles. The second-order valence-electron chi connectivity index (χ2n) is 23.9. The van der Waals surface area contributed by atoms with Crippen molar-refractivity contribution in [2.45, 2.75) is 146 Å². The molecule has 0 amide bonds. The first-order valence-electron chi connectivity index (χ1n) is 31.1. The van der Waals surface area contributed by atoms with Crippen molar-refractivity contribution in [3.63, 3.8) is 0 Å². The Bertz CT molecular complexity index is 5080. The lowest BCUT2D eigenvalue weighted by atomic mass is 9.98. The number of imidazole rings is 2. The summed E-state index contributed by atoms with van der Waals surface area (Å²) in [5.41, 5.74) is 4.39. The Morgan fingerprint density at radius 2 is 0.878 bits per heavy atom. The summed E-state index contributed by atoms with van der Waals surface area (Å²) in [6, 6.07) is 30.9. The van der Waals surface area contributed by atoms with E-state index in [4.69, 9.17) is 44.8 Å². The van der Waals surface area contributed by atoms with Gasteiger partial charge in [0.25, 0.3) is 0 Å². The first-order valence-corrected chi connectivity index (χ1v) is 31.1. The summed E-state index contributed by atoms with van der Waals surface area (Å²) in [6.07, 6.45) is 2.60. The third-order valence-corrected chi connectivity index (χ3v) is 15.7. The SMILES string of the molecule is CCCc1nc(C(C)(C)O)c(C(=O)OCc2oc(=O)oc2C)n1Cc1ccc(-c2ccccc2-c2nnn(Cc3oc(=O)oc3C)n2)cc1.CCCc1nc(C(C)(C)O)c(C(=O)OCc2oc(=O)oc2C)n1Cc1ccc(-c2ccccc2-c2nnnn2Cc2oc(=O)oc2C)cc1. The van der Waals surface area contributed by atoms with Crippen LogP contribution in [0.3, 0.4) is 0 Å². The summed E-state index contributed by atoms with van der Waals surface area (Å²) in [6.45, 7) is 16.6. The number of aliphatic hydroxyl groups is 2. The van der Waals surface area contributed by atoms with Crippen LogP contribution < -0.4 is 23.3 Å². The first-order chi connectivity index (χ1) is 46.8. The molecule has 0 unspecified atom stereocenters. The summed E-state index contributed by atoms with van der Waals surface area (Å²) >= 11 is 0. The van der Waals surface area contributed by atoms with Crippen molar-refractivity contribution in [1.29, 1.82) is 0 Å². The number of carbonyl (C=O) groups excluding carboxylic acids is 2. The molecule has 0 saturated carbocycles. The molecular weight excluding hydrogens is 1270 g/mol. The maximum absolute atomic E-state index is 13.6. The van der Waals surface area contributed by atoms with E-state index in [1.165, 1.54) is 23.3 Å². The van der Waals surface area contributed by atoms with Gasteiger partial charge in [-0.05, 0) is 117 Å². The highest BCUT2D eigenvalue weighted by Gasteiger charge is 2.35. The number of ether oxygens (including phenoxy) is 2. The molecule has 0 atom stereocenters. The molecule has 98 heavy (non-hydrogen) atoms. The smallest absolute Gasteiger partial charge is 0.453 e. The molecule has 12 rings (SSSR count). The second-order valence-corrected chi connectivity index (χ2v) is 23.9. The van der Waals surface area contributed by atoms with Gasteiger partial charge < -0.3 is 64.2 Å². The van der Waals surface area contributed by atoms with Crippen LogP contribution >= 0.6 is 0 Å². The molecule has 0 fully saturated rings. The van der Waals surface area contributed by atoms with Gasteiger partial charge in [0, 0.05) is 37.1 Å². The van der Waals surface area contributed by atoms with Gasteiger partial charge >= 0.3 is 35.2 Å². The van der Waals surface area contributed by atoms with Crippen molar-refractivity contribution in [3.8, 4) is 45.0 Å². The third-order valence-electron chi connectivity index (χ3n) is 15.7. The molecule has 30 nitrogen and oxygen atoms in total. The van der Waals surface area contributed by atoms with Gasteiger partial charge in [-0.1, -0.05) is 111 Å². The fourth-order valence-electron chi connectivity index (χ4n) is 10.9. The molecule has 0 spiro atoms. The van der Waals surface area contributed by atoms with Crippen LogP contribution in [0, 0.1) is 27.7 Å². The molecule has 4 aromatic carbocycles. The number of hydrogen-bond acceptors (Lipinski definition) is 26. The van der Waals surface area contributed by atoms with Crippen LogP contribution in [-0.4, -0.2) is 81.7 Å². The van der Waals surface area contributed by atoms with Crippen LogP contribution in [0.2, 0.25) is 0 Å². The number of nitrogens with zero attached hydrogens (tertiary/aromatic N) is 12. The summed E-state index contributed by atoms with van der Waals surface area (Å²) in [7, 11) is 0. The van der Waals surface area contributed by atoms with Crippen LogP contribution in [0.1, 0.15) is 156 Å². The number of esters is 2. The van der Waals surface area contributed by atoms with E-state index in [1.54, 1.807) is 50.7 Å². The Balaban J connectivity index is 0.000000198. The Morgan fingerprint density at radius 1 is 0.480 bits per heavy atom. The minimum atomic E-state index is -1.45. The molecule has 0 aliphatic heterocycles. The minimum Gasteiger partial charge on any atom is -0.453 e. The second kappa shape index (κ2) is 28.3. The Labute approximate surface area is 555 Å². The van der Waals surface area contributed by atoms with Crippen LogP contribution in [0.4, 0.5) is 0 Å². The number of aromatic nitrogens is 12. The van der Waals surface area contributed by atoms with Crippen molar-refractivity contribution in [2.24, 2.45) is 0 Å². The van der Waals surface area contributed by atoms with Crippen LogP contribution in [0.5, 0.6) is 0 Å². The molecule has 0 bridgehead atoms. The fourth-order valence-corrected chi connectivity index (χ4v) is 10.9. The average Bonchev–Trinajstić information content (AvgIpc) is 1.64. The van der Waals surface area contributed by atoms with Crippen molar-refractivity contribution in [2.75, 3.05) is 0 Å². The molecule has 0 radical (unpaired) electrons. The molecule has 8 heterocycles. The zero-order chi connectivity index (χ0) is 69.7. The lowest BCUT2D eigenvalue weighted by Gasteiger charge is -2.18. The lowest BCUT2D eigenvalue weighted by Crippen LogP contribution is -2.23. The predicted molar refractivity (Wildman–Crippen MR) is 343 cm³/mol. The third kappa shape index (κ3) is 15.0. The number of aryl methyl sites for hydroxylation is 6. The van der Waals surface area contributed by atoms with Gasteiger partial charge in [-0.3, -0.25) is 0 Å². The number of carbonyl (C=O) groups is 2. The van der Waals surface area contributed by atoms with Crippen LogP contribution in [0.15, 0.2) is 152 Å². The fraction of sp³-hybridized carbons (Fsp3) is 0.324. The standard InChI is InChI=1S/2C34H34N6O9/c1-6-9-27-35-29(34(4,5)44)28(31(41)45-18-26-20(3)47-33(43)49-26)39(27)16-21-12-14-22(15-13-21)23-10-7-8-11-24(23)30-36-37-38-40(30)17-25-19(2)46-32(42)48-25;1-6-9-27-35-29(34(4,5)44)28(31(41)45-18-26-20(3)47-33(43)49-26)39(27)16-21-12-14-22(15-13-21)23-10-7-8-11-24(23)30-36-38-40(37-30)17-25-19(2)46-32(42)48-25/h2*7-8,10-15,44H,6,9,16-18H2,1-5H3. The maximum atomic E-state index is 13.6. The van der Waals surface area contributed by atoms with Gasteiger partial charge in [-0.2, -0.15) is 4.80 Å². The van der Waals surface area contributed by atoms with E-state index in [0.717, 1.165) is 57.3 Å². The van der Waals surface area contributed by atoms with Crippen molar-refractivity contribution in [1.82, 2.24) is 59.5 Å². The normalized spacial score (nSPS) is 11.7. The Kier molecular flexibility index (Phi) is 19.6. The van der Waals surface area contributed by atoms with Gasteiger partial charge in [0.2, 0.25) is 5.82 Å². The highest BCUT2D eigenvalue weighted by atomic mass is 16.6. The molecule has 0 aliphatic carbocycles. The molecule has 2 N–H and O–H groups in total. The summed E-state index contributed by atoms with van der Waals surface area (Å²) in [4.78, 5) is 83.8. The molecule has 12 aromatic rings. The van der Waals surface area contributed by atoms with E-state index in [-0.39, 0.29) is 85.2 Å². The van der Waals surface area contributed by atoms with Crippen LogP contribution in [-0.2, 0) is 72.9 Å². The molecule has 30 heteroatoms. The number of hydrogen-bond donors (Lipinski definition) is 2. The predicted octanol–water partition coefficient (Wildman–Crippen LogP) is 9.09. The number of rotatable bonds is 24. The Morgan fingerprint density at radius 3 is 1.29 bits per heavy atom. The molecular formula is C68H68N12O18. The van der Waals surface area contributed by atoms with E-state index in [1.807, 2.05) is 111 Å². The highest BCUT2D eigenvalue weighted by Crippen LogP contribution is 2.35. The van der Waals surface area contributed by atoms with Crippen molar-refractivity contribution >= 4 is 11.9 Å². The molecule has 0 aliphatic rings. The zero-order valence-corrected chi connectivity index (χ0v) is 55.1. The largest absolute Gasteiger partial charge is 0.519 e. The summed E-state index contributed by atoms with van der Waals surface area (Å²) < 4.78 is 56.0. The van der Waals surface area contributed by atoms with Gasteiger partial charge in [-0.25, -0.2) is 43.4 Å². The minimum absolute atomic E-state index is 0.0831. The topological polar surface area (TPSA) is 389 Å². The van der Waals surface area contributed by atoms with Gasteiger partial charge in [0.05, 0.1) is 0 Å². The highest BCUT2D eigenvalue weighted by molar-refractivity contribution is 5.90. The van der Waals surface area contributed by atoms with E-state index >= 15 is 0 Å². The lowest BCUT2D eigenvalue weighted by molar-refractivity contribution is 0.0391. The van der Waals surface area contributed by atoms with E-state index in [9.17, 15) is 39.0 Å². The molecule has 0 saturated heterocycles. The average molecular weight is 1340 g/mol. The number of benzene rings is 4. The van der Waals surface area contributed by atoms with E-state index < -0.39 is 46.4 Å².